The Morgan fingerprint density at radius 2 is 1.21 bits per heavy atom. The van der Waals surface area contributed by atoms with Crippen LogP contribution in [0.1, 0.15) is 25.7 Å². The van der Waals surface area contributed by atoms with Crippen LogP contribution < -0.4 is 10.6 Å². The fourth-order valence-electron chi connectivity index (χ4n) is 3.35. The van der Waals surface area contributed by atoms with Gasteiger partial charge >= 0.3 is 0 Å². The molecule has 2 atom stereocenters. The normalized spacial score (nSPS) is 27.3. The Bertz CT molecular complexity index is 392. The second kappa shape index (κ2) is 9.12. The van der Waals surface area contributed by atoms with Gasteiger partial charge < -0.3 is 29.9 Å². The first-order chi connectivity index (χ1) is 11.7. The molecule has 3 heterocycles. The topological polar surface area (TPSA) is 49.0 Å². The zero-order valence-electron chi connectivity index (χ0n) is 14.2. The molecular formula is C16H28N4O2S2. The summed E-state index contributed by atoms with van der Waals surface area (Å²) in [5.74, 6) is 0. The smallest absolute Gasteiger partial charge is 0.169 e. The van der Waals surface area contributed by atoms with Crippen molar-refractivity contribution in [2.24, 2.45) is 0 Å². The number of hydrogen-bond acceptors (Lipinski definition) is 4. The van der Waals surface area contributed by atoms with Gasteiger partial charge in [0.05, 0.1) is 12.2 Å². The van der Waals surface area contributed by atoms with Crippen molar-refractivity contribution in [1.29, 1.82) is 0 Å². The van der Waals surface area contributed by atoms with Crippen LogP contribution in [0.5, 0.6) is 0 Å². The van der Waals surface area contributed by atoms with Gasteiger partial charge in [0, 0.05) is 52.5 Å². The summed E-state index contributed by atoms with van der Waals surface area (Å²) in [5, 5.41) is 8.37. The van der Waals surface area contributed by atoms with Crippen LogP contribution in [0.3, 0.4) is 0 Å². The van der Waals surface area contributed by atoms with E-state index in [2.05, 4.69) is 20.4 Å². The van der Waals surface area contributed by atoms with E-state index >= 15 is 0 Å². The van der Waals surface area contributed by atoms with Crippen LogP contribution >= 0.6 is 24.4 Å². The number of thiocarbonyl (C=S) groups is 2. The molecule has 0 amide bonds. The van der Waals surface area contributed by atoms with E-state index in [-0.39, 0.29) is 0 Å². The minimum absolute atomic E-state index is 0.318. The highest BCUT2D eigenvalue weighted by Gasteiger charge is 2.23. The van der Waals surface area contributed by atoms with Crippen molar-refractivity contribution < 1.29 is 9.47 Å². The fraction of sp³-hybridized carbons (Fsp3) is 0.875. The Morgan fingerprint density at radius 3 is 1.54 bits per heavy atom. The minimum atomic E-state index is 0.318. The largest absolute Gasteiger partial charge is 0.376 e. The van der Waals surface area contributed by atoms with Gasteiger partial charge in [-0.25, -0.2) is 0 Å². The average Bonchev–Trinajstić information content (AvgIpc) is 3.31. The number of nitrogens with zero attached hydrogens (tertiary/aromatic N) is 2. The molecule has 0 aromatic carbocycles. The third-order valence-corrected chi connectivity index (χ3v) is 5.67. The van der Waals surface area contributed by atoms with Gasteiger partial charge in [0.1, 0.15) is 0 Å². The van der Waals surface area contributed by atoms with E-state index in [1.54, 1.807) is 0 Å². The fourth-order valence-corrected chi connectivity index (χ4v) is 3.88. The van der Waals surface area contributed by atoms with Crippen LogP contribution in [-0.2, 0) is 9.47 Å². The number of rotatable bonds is 4. The predicted molar refractivity (Wildman–Crippen MR) is 102 cm³/mol. The Morgan fingerprint density at radius 1 is 0.792 bits per heavy atom. The van der Waals surface area contributed by atoms with Gasteiger partial charge in [-0.2, -0.15) is 0 Å². The minimum Gasteiger partial charge on any atom is -0.376 e. The molecule has 136 valence electrons. The maximum absolute atomic E-state index is 5.62. The van der Waals surface area contributed by atoms with Gasteiger partial charge in [0.25, 0.3) is 0 Å². The summed E-state index contributed by atoms with van der Waals surface area (Å²) in [4.78, 5) is 4.45. The Hall–Kier alpha value is -0.700. The Labute approximate surface area is 155 Å². The molecule has 3 saturated heterocycles. The first kappa shape index (κ1) is 18.1. The highest BCUT2D eigenvalue weighted by atomic mass is 32.1. The molecule has 0 saturated carbocycles. The van der Waals surface area contributed by atoms with E-state index in [1.165, 1.54) is 0 Å². The van der Waals surface area contributed by atoms with Crippen LogP contribution in [-0.4, -0.2) is 84.7 Å². The lowest BCUT2D eigenvalue weighted by atomic mass is 10.2. The van der Waals surface area contributed by atoms with E-state index < -0.39 is 0 Å². The maximum Gasteiger partial charge on any atom is 0.169 e. The van der Waals surface area contributed by atoms with Crippen molar-refractivity contribution in [1.82, 2.24) is 20.4 Å². The van der Waals surface area contributed by atoms with Crippen LogP contribution in [0.25, 0.3) is 0 Å². The molecule has 0 aromatic heterocycles. The molecule has 0 radical (unpaired) electrons. The second-order valence-corrected chi connectivity index (χ2v) is 7.39. The van der Waals surface area contributed by atoms with Gasteiger partial charge in [-0.15, -0.1) is 0 Å². The van der Waals surface area contributed by atoms with Crippen LogP contribution in [0.2, 0.25) is 0 Å². The third kappa shape index (κ3) is 5.15. The highest BCUT2D eigenvalue weighted by Crippen LogP contribution is 2.12. The number of hydrogen-bond donors (Lipinski definition) is 2. The molecule has 3 aliphatic rings. The molecule has 8 heteroatoms. The third-order valence-electron chi connectivity index (χ3n) is 4.86. The zero-order valence-corrected chi connectivity index (χ0v) is 15.8. The highest BCUT2D eigenvalue weighted by molar-refractivity contribution is 7.80. The monoisotopic (exact) mass is 372 g/mol. The molecule has 6 nitrogen and oxygen atoms in total. The molecule has 0 aliphatic carbocycles. The Balaban J connectivity index is 1.32. The molecule has 0 bridgehead atoms. The summed E-state index contributed by atoms with van der Waals surface area (Å²) in [5.41, 5.74) is 0. The summed E-state index contributed by atoms with van der Waals surface area (Å²) >= 11 is 11.0. The SMILES string of the molecule is S=C(NC[C@H]1CCCO1)N1CCN(C(=S)NC[C@H]2CCCO2)CC1. The molecule has 2 N–H and O–H groups in total. The summed E-state index contributed by atoms with van der Waals surface area (Å²) in [6.45, 7) is 7.01. The average molecular weight is 373 g/mol. The molecule has 3 fully saturated rings. The molecule has 3 rings (SSSR count). The van der Waals surface area contributed by atoms with E-state index in [9.17, 15) is 0 Å². The molecule has 0 spiro atoms. The van der Waals surface area contributed by atoms with Crippen LogP contribution in [0.4, 0.5) is 0 Å². The van der Waals surface area contributed by atoms with Crippen molar-refractivity contribution in [3.05, 3.63) is 0 Å². The van der Waals surface area contributed by atoms with Crippen LogP contribution in [0.15, 0.2) is 0 Å². The van der Waals surface area contributed by atoms with Crippen molar-refractivity contribution in [3.8, 4) is 0 Å². The van der Waals surface area contributed by atoms with Crippen molar-refractivity contribution >= 4 is 34.7 Å². The first-order valence-corrected chi connectivity index (χ1v) is 9.83. The van der Waals surface area contributed by atoms with Gasteiger partial charge in [0.15, 0.2) is 10.2 Å². The summed E-state index contributed by atoms with van der Waals surface area (Å²) in [6.07, 6.45) is 5.22. The zero-order chi connectivity index (χ0) is 16.8. The van der Waals surface area contributed by atoms with Crippen molar-refractivity contribution in [2.45, 2.75) is 37.9 Å². The quantitative estimate of drug-likeness (QED) is 0.700. The molecular weight excluding hydrogens is 344 g/mol. The first-order valence-electron chi connectivity index (χ1n) is 9.01. The lowest BCUT2D eigenvalue weighted by molar-refractivity contribution is 0.112. The standard InChI is InChI=1S/C16H28N4O2S2/c23-15(17-11-13-3-1-9-21-13)19-5-7-20(8-6-19)16(24)18-12-14-4-2-10-22-14/h13-14H,1-12H2,(H,17,23)(H,18,24)/t13-,14-/m1/s1. The van der Waals surface area contributed by atoms with Gasteiger partial charge in [-0.05, 0) is 50.1 Å². The number of piperazine rings is 1. The Kier molecular flexibility index (Phi) is 6.88. The second-order valence-electron chi connectivity index (χ2n) is 6.62. The molecule has 0 unspecified atom stereocenters. The van der Waals surface area contributed by atoms with E-state index in [1.807, 2.05) is 0 Å². The number of nitrogens with one attached hydrogen (secondary N) is 2. The summed E-state index contributed by atoms with van der Waals surface area (Å²) in [6, 6.07) is 0. The molecule has 3 aliphatic heterocycles. The van der Waals surface area contributed by atoms with E-state index in [0.717, 1.165) is 88.4 Å². The van der Waals surface area contributed by atoms with Gasteiger partial charge in [-0.1, -0.05) is 0 Å². The maximum atomic E-state index is 5.62. The van der Waals surface area contributed by atoms with E-state index in [4.69, 9.17) is 33.9 Å². The lowest BCUT2D eigenvalue weighted by Gasteiger charge is -2.37. The van der Waals surface area contributed by atoms with E-state index in [0.29, 0.717) is 12.2 Å². The number of ether oxygens (including phenoxy) is 2. The lowest BCUT2D eigenvalue weighted by Crippen LogP contribution is -2.55. The summed E-state index contributed by atoms with van der Waals surface area (Å²) in [7, 11) is 0. The summed E-state index contributed by atoms with van der Waals surface area (Å²) < 4.78 is 11.2. The van der Waals surface area contributed by atoms with Crippen molar-refractivity contribution in [2.75, 3.05) is 52.5 Å². The predicted octanol–water partition coefficient (Wildman–Crippen LogP) is 0.711. The van der Waals surface area contributed by atoms with Crippen LogP contribution in [0, 0.1) is 0 Å². The molecule has 24 heavy (non-hydrogen) atoms. The van der Waals surface area contributed by atoms with Gasteiger partial charge in [0.2, 0.25) is 0 Å². The molecule has 0 aromatic rings. The van der Waals surface area contributed by atoms with Gasteiger partial charge in [-0.3, -0.25) is 0 Å². The van der Waals surface area contributed by atoms with Crippen molar-refractivity contribution in [3.63, 3.8) is 0 Å².